The molecule has 1 aliphatic rings. The molecule has 4 nitrogen and oxygen atoms in total. The molecule has 1 fully saturated rings. The smallest absolute Gasteiger partial charge is 0.244 e. The van der Waals surface area contributed by atoms with Crippen molar-refractivity contribution >= 4 is 5.91 Å². The fourth-order valence-corrected chi connectivity index (χ4v) is 3.29. The summed E-state index contributed by atoms with van der Waals surface area (Å²) in [6, 6.07) is 9.23. The average molecular weight is 290 g/mol. The van der Waals surface area contributed by atoms with Crippen LogP contribution in [-0.2, 0) is 15.1 Å². The number of hydrogen-bond acceptors (Lipinski definition) is 3. The molecule has 4 N–H and O–H groups in total. The molecule has 21 heavy (non-hydrogen) atoms. The largest absolute Gasteiger partial charge is 0.375 e. The van der Waals surface area contributed by atoms with E-state index in [1.165, 1.54) is 6.42 Å². The minimum Gasteiger partial charge on any atom is -0.375 e. The number of carbonyl (C=O) groups is 1. The maximum atomic E-state index is 11.8. The Morgan fingerprint density at radius 3 is 2.29 bits per heavy atom. The fraction of sp³-hybridized carbons (Fsp3) is 0.588. The van der Waals surface area contributed by atoms with Crippen LogP contribution in [0.5, 0.6) is 0 Å². The van der Waals surface area contributed by atoms with Crippen LogP contribution in [0.25, 0.3) is 0 Å². The van der Waals surface area contributed by atoms with Crippen molar-refractivity contribution in [1.29, 1.82) is 0 Å². The van der Waals surface area contributed by atoms with E-state index >= 15 is 0 Å². The Bertz CT molecular complexity index is 467. The topological polar surface area (TPSA) is 78.3 Å². The molecule has 0 aliphatic heterocycles. The van der Waals surface area contributed by atoms with Gasteiger partial charge in [-0.25, -0.2) is 0 Å². The first-order chi connectivity index (χ1) is 9.91. The molecule has 0 heterocycles. The van der Waals surface area contributed by atoms with Gasteiger partial charge in [0.1, 0.15) is 5.54 Å². The van der Waals surface area contributed by atoms with Crippen molar-refractivity contribution in [3.05, 3.63) is 35.9 Å². The van der Waals surface area contributed by atoms with Gasteiger partial charge in [0.05, 0.1) is 12.7 Å². The second kappa shape index (κ2) is 6.58. The second-order valence-corrected chi connectivity index (χ2v) is 6.55. The van der Waals surface area contributed by atoms with Gasteiger partial charge in [-0.1, -0.05) is 44.2 Å². The van der Waals surface area contributed by atoms with E-state index in [4.69, 9.17) is 16.2 Å². The van der Waals surface area contributed by atoms with Crippen LogP contribution in [0, 0.1) is 11.8 Å². The van der Waals surface area contributed by atoms with Gasteiger partial charge in [-0.05, 0) is 36.7 Å². The Balaban J connectivity index is 2.06. The first-order valence-electron chi connectivity index (χ1n) is 7.67. The Labute approximate surface area is 126 Å². The third kappa shape index (κ3) is 3.83. The minimum atomic E-state index is -1.26. The summed E-state index contributed by atoms with van der Waals surface area (Å²) >= 11 is 0. The quantitative estimate of drug-likeness (QED) is 0.872. The van der Waals surface area contributed by atoms with Crippen LogP contribution >= 0.6 is 0 Å². The molecule has 1 aromatic carbocycles. The van der Waals surface area contributed by atoms with Gasteiger partial charge in [-0.2, -0.15) is 0 Å². The van der Waals surface area contributed by atoms with Crippen LogP contribution in [-0.4, -0.2) is 18.6 Å². The highest BCUT2D eigenvalue weighted by Crippen LogP contribution is 2.31. The molecular formula is C17H26N2O2. The molecule has 0 bridgehead atoms. The van der Waals surface area contributed by atoms with Crippen molar-refractivity contribution in [2.45, 2.75) is 44.8 Å². The van der Waals surface area contributed by atoms with Gasteiger partial charge in [0.25, 0.3) is 0 Å². The van der Waals surface area contributed by atoms with Crippen LogP contribution in [0.1, 0.15) is 38.7 Å². The average Bonchev–Trinajstić information content (AvgIpc) is 2.44. The normalized spacial score (nSPS) is 28.8. The molecule has 0 radical (unpaired) electrons. The number of benzene rings is 1. The molecule has 116 valence electrons. The molecular weight excluding hydrogens is 264 g/mol. The Morgan fingerprint density at radius 2 is 1.76 bits per heavy atom. The number of hydrogen-bond donors (Lipinski definition) is 2. The zero-order valence-electron chi connectivity index (χ0n) is 12.9. The molecule has 1 aromatic rings. The molecule has 1 aliphatic carbocycles. The van der Waals surface area contributed by atoms with Crippen molar-refractivity contribution < 1.29 is 9.53 Å². The van der Waals surface area contributed by atoms with Gasteiger partial charge in [-0.15, -0.1) is 0 Å². The Hall–Kier alpha value is -1.39. The number of ether oxygens (including phenoxy) is 1. The first kappa shape index (κ1) is 16.0. The molecule has 1 amide bonds. The van der Waals surface area contributed by atoms with Gasteiger partial charge in [0.15, 0.2) is 0 Å². The monoisotopic (exact) mass is 290 g/mol. The summed E-state index contributed by atoms with van der Waals surface area (Å²) in [7, 11) is 0. The molecule has 0 spiro atoms. The van der Waals surface area contributed by atoms with Crippen LogP contribution < -0.4 is 11.5 Å². The maximum Gasteiger partial charge on any atom is 0.244 e. The van der Waals surface area contributed by atoms with E-state index in [9.17, 15) is 4.79 Å². The van der Waals surface area contributed by atoms with E-state index in [1.807, 2.05) is 30.3 Å². The summed E-state index contributed by atoms with van der Waals surface area (Å²) in [5.41, 5.74) is 11.2. The summed E-state index contributed by atoms with van der Waals surface area (Å²) in [5.74, 6) is 0.748. The number of primary amides is 1. The van der Waals surface area contributed by atoms with Crippen molar-refractivity contribution in [3.63, 3.8) is 0 Å². The predicted octanol–water partition coefficient (Wildman–Crippen LogP) is 2.17. The van der Waals surface area contributed by atoms with Gasteiger partial charge in [0, 0.05) is 0 Å². The summed E-state index contributed by atoms with van der Waals surface area (Å²) in [6.45, 7) is 4.62. The van der Waals surface area contributed by atoms with Crippen molar-refractivity contribution in [3.8, 4) is 0 Å². The van der Waals surface area contributed by atoms with E-state index in [1.54, 1.807) is 0 Å². The van der Waals surface area contributed by atoms with Gasteiger partial charge in [0.2, 0.25) is 5.91 Å². The summed E-state index contributed by atoms with van der Waals surface area (Å²) in [4.78, 5) is 11.8. The molecule has 3 atom stereocenters. The highest BCUT2D eigenvalue weighted by Gasteiger charge is 2.36. The first-order valence-corrected chi connectivity index (χ1v) is 7.67. The van der Waals surface area contributed by atoms with Crippen LogP contribution in [0.15, 0.2) is 30.3 Å². The molecule has 0 saturated heterocycles. The van der Waals surface area contributed by atoms with Gasteiger partial charge >= 0.3 is 0 Å². The lowest BCUT2D eigenvalue weighted by Crippen LogP contribution is -2.53. The lowest BCUT2D eigenvalue weighted by molar-refractivity contribution is -0.127. The van der Waals surface area contributed by atoms with E-state index in [2.05, 4.69) is 13.8 Å². The number of nitrogens with two attached hydrogens (primary N) is 2. The summed E-state index contributed by atoms with van der Waals surface area (Å²) in [6.07, 6.45) is 3.44. The third-order valence-corrected chi connectivity index (χ3v) is 4.41. The van der Waals surface area contributed by atoms with E-state index < -0.39 is 11.4 Å². The zero-order chi connectivity index (χ0) is 15.5. The van der Waals surface area contributed by atoms with Crippen LogP contribution in [0.4, 0.5) is 0 Å². The Morgan fingerprint density at radius 1 is 1.19 bits per heavy atom. The number of rotatable bonds is 5. The highest BCUT2D eigenvalue weighted by molar-refractivity contribution is 5.86. The van der Waals surface area contributed by atoms with Crippen LogP contribution in [0.2, 0.25) is 0 Å². The standard InChI is InChI=1S/C17H26N2O2/c1-12-8-13(2)10-15(9-12)21-11-17(19,16(18)20)14-6-4-3-5-7-14/h3-7,12-13,15H,8-11,19H2,1-2H3,(H2,18,20). The lowest BCUT2D eigenvalue weighted by Gasteiger charge is -2.34. The van der Waals surface area contributed by atoms with E-state index in [-0.39, 0.29) is 12.7 Å². The van der Waals surface area contributed by atoms with Crippen molar-refractivity contribution in [1.82, 2.24) is 0 Å². The van der Waals surface area contributed by atoms with Gasteiger partial charge in [-0.3, -0.25) is 4.79 Å². The fourth-order valence-electron chi connectivity index (χ4n) is 3.29. The lowest BCUT2D eigenvalue weighted by atomic mass is 9.81. The second-order valence-electron chi connectivity index (χ2n) is 6.55. The number of amides is 1. The molecule has 4 heteroatoms. The highest BCUT2D eigenvalue weighted by atomic mass is 16.5. The molecule has 3 unspecified atom stereocenters. The summed E-state index contributed by atoms with van der Waals surface area (Å²) < 4.78 is 5.98. The number of carbonyl (C=O) groups excluding carboxylic acids is 1. The van der Waals surface area contributed by atoms with Crippen molar-refractivity contribution in [2.75, 3.05) is 6.61 Å². The van der Waals surface area contributed by atoms with Gasteiger partial charge < -0.3 is 16.2 Å². The van der Waals surface area contributed by atoms with Crippen molar-refractivity contribution in [2.24, 2.45) is 23.3 Å². The van der Waals surface area contributed by atoms with E-state index in [0.29, 0.717) is 17.4 Å². The third-order valence-electron chi connectivity index (χ3n) is 4.41. The molecule has 2 rings (SSSR count). The molecule has 0 aromatic heterocycles. The zero-order valence-corrected chi connectivity index (χ0v) is 12.9. The Kier molecular flexibility index (Phi) is 5.01. The minimum absolute atomic E-state index is 0.135. The van der Waals surface area contributed by atoms with E-state index in [0.717, 1.165) is 12.8 Å². The van der Waals surface area contributed by atoms with Crippen LogP contribution in [0.3, 0.4) is 0 Å². The summed E-state index contributed by atoms with van der Waals surface area (Å²) in [5, 5.41) is 0. The maximum absolute atomic E-state index is 11.8. The predicted molar refractivity (Wildman–Crippen MR) is 83.4 cm³/mol. The SMILES string of the molecule is CC1CC(C)CC(OCC(N)(C(N)=O)c2ccccc2)C1. The molecule has 1 saturated carbocycles.